The lowest BCUT2D eigenvalue weighted by atomic mass is 10.1. The van der Waals surface area contributed by atoms with Gasteiger partial charge in [0.25, 0.3) is 0 Å². The normalized spacial score (nSPS) is 12.3. The average Bonchev–Trinajstić information content (AvgIpc) is 2.47. The van der Waals surface area contributed by atoms with Crippen LogP contribution in [-0.2, 0) is 12.2 Å². The first-order valence-corrected chi connectivity index (χ1v) is 8.06. The van der Waals surface area contributed by atoms with Gasteiger partial charge in [0, 0.05) is 18.0 Å². The van der Waals surface area contributed by atoms with Crippen LogP contribution in [0.1, 0.15) is 30.0 Å². The predicted octanol–water partition coefficient (Wildman–Crippen LogP) is 3.96. The molecule has 2 rings (SSSR count). The minimum absolute atomic E-state index is 0.219. The van der Waals surface area contributed by atoms with Crippen molar-refractivity contribution in [1.29, 1.82) is 0 Å². The van der Waals surface area contributed by atoms with Gasteiger partial charge >= 0.3 is 0 Å². The Kier molecular flexibility index (Phi) is 5.62. The molecular weight excluding hydrogens is 264 g/mol. The number of pyridine rings is 1. The molecule has 0 spiro atoms. The van der Waals surface area contributed by atoms with E-state index in [0.29, 0.717) is 0 Å². The van der Waals surface area contributed by atoms with Crippen LogP contribution in [0, 0.1) is 6.92 Å². The molecule has 2 aromatic rings. The molecule has 0 radical (unpaired) electrons. The second kappa shape index (κ2) is 7.46. The Balaban J connectivity index is 2.08. The van der Waals surface area contributed by atoms with E-state index in [9.17, 15) is 0 Å². The molecule has 1 atom stereocenters. The molecule has 0 aliphatic rings. The maximum atomic E-state index is 6.07. The third-order valence-electron chi connectivity index (χ3n) is 3.48. The van der Waals surface area contributed by atoms with Gasteiger partial charge in [-0.25, -0.2) is 4.98 Å². The summed E-state index contributed by atoms with van der Waals surface area (Å²) in [5, 5.41) is 1.11. The van der Waals surface area contributed by atoms with Gasteiger partial charge in [-0.3, -0.25) is 0 Å². The largest absolute Gasteiger partial charge is 0.327 e. The predicted molar refractivity (Wildman–Crippen MR) is 86.9 cm³/mol. The fourth-order valence-electron chi connectivity index (χ4n) is 2.05. The van der Waals surface area contributed by atoms with E-state index in [2.05, 4.69) is 49.2 Å². The van der Waals surface area contributed by atoms with Gasteiger partial charge in [0.05, 0.1) is 5.03 Å². The van der Waals surface area contributed by atoms with Crippen molar-refractivity contribution < 1.29 is 0 Å². The molecule has 106 valence electrons. The monoisotopic (exact) mass is 286 g/mol. The highest BCUT2D eigenvalue weighted by molar-refractivity contribution is 7.98. The zero-order chi connectivity index (χ0) is 14.4. The molecule has 0 aliphatic carbocycles. The van der Waals surface area contributed by atoms with Gasteiger partial charge in [0.15, 0.2) is 0 Å². The van der Waals surface area contributed by atoms with Crippen LogP contribution in [0.15, 0.2) is 47.6 Å². The van der Waals surface area contributed by atoms with Gasteiger partial charge in [-0.05, 0) is 42.5 Å². The van der Waals surface area contributed by atoms with Crippen molar-refractivity contribution in [1.82, 2.24) is 4.98 Å². The maximum absolute atomic E-state index is 6.07. The SMILES string of the molecule is CCC(N)Cc1cccnc1SCc1ccccc1C. The highest BCUT2D eigenvalue weighted by atomic mass is 32.2. The standard InChI is InChI=1S/C17H22N2S/c1-3-16(18)11-14-9-6-10-19-17(14)20-12-15-8-5-4-7-13(15)2/h4-10,16H,3,11-12,18H2,1-2H3. The number of benzene rings is 1. The van der Waals surface area contributed by atoms with E-state index >= 15 is 0 Å². The highest BCUT2D eigenvalue weighted by Gasteiger charge is 2.09. The average molecular weight is 286 g/mol. The van der Waals surface area contributed by atoms with E-state index in [-0.39, 0.29) is 6.04 Å². The van der Waals surface area contributed by atoms with Crippen molar-refractivity contribution in [2.45, 2.75) is 43.5 Å². The van der Waals surface area contributed by atoms with Crippen molar-refractivity contribution in [3.63, 3.8) is 0 Å². The molecule has 3 heteroatoms. The second-order valence-electron chi connectivity index (χ2n) is 5.06. The van der Waals surface area contributed by atoms with E-state index in [0.717, 1.165) is 23.6 Å². The molecule has 0 fully saturated rings. The van der Waals surface area contributed by atoms with Crippen molar-refractivity contribution in [2.24, 2.45) is 5.73 Å². The maximum Gasteiger partial charge on any atom is 0.0995 e. The number of nitrogens with two attached hydrogens (primary N) is 1. The molecule has 1 heterocycles. The minimum atomic E-state index is 0.219. The Morgan fingerprint density at radius 3 is 2.65 bits per heavy atom. The van der Waals surface area contributed by atoms with Gasteiger partial charge < -0.3 is 5.73 Å². The quantitative estimate of drug-likeness (QED) is 0.817. The van der Waals surface area contributed by atoms with Crippen molar-refractivity contribution in [3.05, 3.63) is 59.3 Å². The van der Waals surface area contributed by atoms with Gasteiger partial charge in [0.2, 0.25) is 0 Å². The molecular formula is C17H22N2S. The lowest BCUT2D eigenvalue weighted by Gasteiger charge is -2.12. The lowest BCUT2D eigenvalue weighted by Crippen LogP contribution is -2.21. The molecule has 0 saturated heterocycles. The third kappa shape index (κ3) is 4.09. The highest BCUT2D eigenvalue weighted by Crippen LogP contribution is 2.26. The van der Waals surface area contributed by atoms with E-state index in [1.54, 1.807) is 11.8 Å². The van der Waals surface area contributed by atoms with Crippen LogP contribution in [0.4, 0.5) is 0 Å². The van der Waals surface area contributed by atoms with Crippen LogP contribution >= 0.6 is 11.8 Å². The Hall–Kier alpha value is -1.32. The number of aryl methyl sites for hydroxylation is 1. The topological polar surface area (TPSA) is 38.9 Å². The summed E-state index contributed by atoms with van der Waals surface area (Å²) in [6.45, 7) is 4.28. The summed E-state index contributed by atoms with van der Waals surface area (Å²) in [7, 11) is 0. The number of aromatic nitrogens is 1. The molecule has 2 N–H and O–H groups in total. The van der Waals surface area contributed by atoms with Crippen LogP contribution in [0.5, 0.6) is 0 Å². The van der Waals surface area contributed by atoms with Crippen molar-refractivity contribution >= 4 is 11.8 Å². The minimum Gasteiger partial charge on any atom is -0.327 e. The number of nitrogens with zero attached hydrogens (tertiary/aromatic N) is 1. The molecule has 0 amide bonds. The van der Waals surface area contributed by atoms with Gasteiger partial charge in [0.1, 0.15) is 0 Å². The van der Waals surface area contributed by atoms with E-state index in [1.807, 2.05) is 12.3 Å². The molecule has 1 unspecified atom stereocenters. The summed E-state index contributed by atoms with van der Waals surface area (Å²) in [6.07, 6.45) is 3.76. The molecule has 1 aromatic carbocycles. The molecule has 20 heavy (non-hydrogen) atoms. The fourth-order valence-corrected chi connectivity index (χ4v) is 3.14. The first-order chi connectivity index (χ1) is 9.70. The fraction of sp³-hybridized carbons (Fsp3) is 0.353. The van der Waals surface area contributed by atoms with Crippen LogP contribution in [0.3, 0.4) is 0 Å². The van der Waals surface area contributed by atoms with Crippen LogP contribution < -0.4 is 5.73 Å². The van der Waals surface area contributed by atoms with E-state index in [4.69, 9.17) is 5.73 Å². The van der Waals surface area contributed by atoms with E-state index < -0.39 is 0 Å². The summed E-state index contributed by atoms with van der Waals surface area (Å²) in [5.41, 5.74) is 10.0. The van der Waals surface area contributed by atoms with Gasteiger partial charge in [-0.2, -0.15) is 0 Å². The Labute approximate surface area is 125 Å². The van der Waals surface area contributed by atoms with Gasteiger partial charge in [-0.15, -0.1) is 11.8 Å². The summed E-state index contributed by atoms with van der Waals surface area (Å²) in [4.78, 5) is 4.52. The zero-order valence-electron chi connectivity index (χ0n) is 12.2. The van der Waals surface area contributed by atoms with Crippen LogP contribution in [0.25, 0.3) is 0 Å². The smallest absolute Gasteiger partial charge is 0.0995 e. The molecule has 2 nitrogen and oxygen atoms in total. The molecule has 0 aliphatic heterocycles. The number of rotatable bonds is 6. The summed E-state index contributed by atoms with van der Waals surface area (Å²) in [6, 6.07) is 12.9. The zero-order valence-corrected chi connectivity index (χ0v) is 13.0. The number of hydrogen-bond acceptors (Lipinski definition) is 3. The van der Waals surface area contributed by atoms with Crippen LogP contribution in [0.2, 0.25) is 0 Å². The van der Waals surface area contributed by atoms with Crippen LogP contribution in [-0.4, -0.2) is 11.0 Å². The Morgan fingerprint density at radius 2 is 1.90 bits per heavy atom. The summed E-state index contributed by atoms with van der Waals surface area (Å²) in [5.74, 6) is 0.956. The molecule has 1 aromatic heterocycles. The number of hydrogen-bond donors (Lipinski definition) is 1. The van der Waals surface area contributed by atoms with E-state index in [1.165, 1.54) is 16.7 Å². The Bertz CT molecular complexity index is 554. The first-order valence-electron chi connectivity index (χ1n) is 7.07. The summed E-state index contributed by atoms with van der Waals surface area (Å²) < 4.78 is 0. The third-order valence-corrected chi connectivity index (χ3v) is 4.58. The Morgan fingerprint density at radius 1 is 1.15 bits per heavy atom. The van der Waals surface area contributed by atoms with Crippen molar-refractivity contribution in [2.75, 3.05) is 0 Å². The second-order valence-corrected chi connectivity index (χ2v) is 6.02. The summed E-state index contributed by atoms with van der Waals surface area (Å²) >= 11 is 1.80. The molecule has 0 saturated carbocycles. The number of thioether (sulfide) groups is 1. The molecule has 0 bridgehead atoms. The van der Waals surface area contributed by atoms with Crippen molar-refractivity contribution in [3.8, 4) is 0 Å². The van der Waals surface area contributed by atoms with Gasteiger partial charge in [-0.1, -0.05) is 37.3 Å². The first kappa shape index (κ1) is 15.1. The lowest BCUT2D eigenvalue weighted by molar-refractivity contribution is 0.637.